The lowest BCUT2D eigenvalue weighted by molar-refractivity contribution is -0.127. The maximum absolute atomic E-state index is 11.3. The molecule has 2 heterocycles. The highest BCUT2D eigenvalue weighted by Gasteiger charge is 2.18. The highest BCUT2D eigenvalue weighted by Crippen LogP contribution is 2.11. The smallest absolute Gasteiger partial charge is 0.222 e. The van der Waals surface area contributed by atoms with Crippen molar-refractivity contribution in [3.8, 4) is 0 Å². The first-order valence-electron chi connectivity index (χ1n) is 4.77. The normalized spacial score (nSPS) is 16.3. The second-order valence-corrected chi connectivity index (χ2v) is 4.14. The lowest BCUT2D eigenvalue weighted by Crippen LogP contribution is -2.29. The van der Waals surface area contributed by atoms with Gasteiger partial charge in [0.2, 0.25) is 5.91 Å². The molecular weight excluding hydrogens is 198 g/mol. The molecule has 0 bridgehead atoms. The first-order chi connectivity index (χ1) is 6.86. The minimum Gasteiger partial charge on any atom is -0.360 e. The van der Waals surface area contributed by atoms with Crippen LogP contribution in [0, 0.1) is 0 Å². The largest absolute Gasteiger partial charge is 0.360 e. The van der Waals surface area contributed by atoms with Gasteiger partial charge < -0.3 is 10.2 Å². The monoisotopic (exact) mass is 211 g/mol. The van der Waals surface area contributed by atoms with Crippen LogP contribution in [0.25, 0.3) is 0 Å². The number of rotatable bonds is 4. The Morgan fingerprint density at radius 2 is 2.57 bits per heavy atom. The molecule has 0 unspecified atom stereocenters. The van der Waals surface area contributed by atoms with E-state index in [4.69, 9.17) is 0 Å². The third kappa shape index (κ3) is 2.23. The SMILES string of the molecule is O=C1CCCN1CCNc1nccs1. The second kappa shape index (κ2) is 4.41. The van der Waals surface area contributed by atoms with Crippen molar-refractivity contribution in [2.24, 2.45) is 0 Å². The van der Waals surface area contributed by atoms with Gasteiger partial charge in [-0.25, -0.2) is 4.98 Å². The number of likely N-dealkylation sites (tertiary alicyclic amines) is 1. The van der Waals surface area contributed by atoms with Crippen molar-refractivity contribution in [3.63, 3.8) is 0 Å². The van der Waals surface area contributed by atoms with Crippen LogP contribution in [0.4, 0.5) is 5.13 Å². The van der Waals surface area contributed by atoms with Crippen LogP contribution in [0.3, 0.4) is 0 Å². The Morgan fingerprint density at radius 1 is 1.64 bits per heavy atom. The number of nitrogens with zero attached hydrogens (tertiary/aromatic N) is 2. The molecule has 1 amide bonds. The van der Waals surface area contributed by atoms with Crippen LogP contribution < -0.4 is 5.32 Å². The van der Waals surface area contributed by atoms with Crippen LogP contribution in [0.2, 0.25) is 0 Å². The summed E-state index contributed by atoms with van der Waals surface area (Å²) in [6.45, 7) is 2.50. The van der Waals surface area contributed by atoms with Crippen molar-refractivity contribution < 1.29 is 4.79 Å². The molecule has 1 saturated heterocycles. The molecule has 0 aliphatic carbocycles. The van der Waals surface area contributed by atoms with E-state index in [-0.39, 0.29) is 5.91 Å². The summed E-state index contributed by atoms with van der Waals surface area (Å²) in [4.78, 5) is 17.3. The summed E-state index contributed by atoms with van der Waals surface area (Å²) in [6, 6.07) is 0. The molecule has 1 aliphatic rings. The Bertz CT molecular complexity index is 299. The summed E-state index contributed by atoms with van der Waals surface area (Å²) in [5, 5.41) is 6.05. The number of amides is 1. The lowest BCUT2D eigenvalue weighted by atomic mass is 10.4. The van der Waals surface area contributed by atoms with E-state index in [0.29, 0.717) is 0 Å². The number of thiazole rings is 1. The number of anilines is 1. The molecule has 1 N–H and O–H groups in total. The summed E-state index contributed by atoms with van der Waals surface area (Å²) < 4.78 is 0. The molecule has 4 nitrogen and oxygen atoms in total. The number of hydrogen-bond acceptors (Lipinski definition) is 4. The van der Waals surface area contributed by atoms with Gasteiger partial charge in [-0.15, -0.1) is 11.3 Å². The number of nitrogens with one attached hydrogen (secondary N) is 1. The summed E-state index contributed by atoms with van der Waals surface area (Å²) >= 11 is 1.58. The van der Waals surface area contributed by atoms with Gasteiger partial charge in [0.15, 0.2) is 5.13 Å². The standard InChI is InChI=1S/C9H13N3OS/c13-8-2-1-5-12(8)6-3-10-9-11-4-7-14-9/h4,7H,1-3,5-6H2,(H,10,11). The van der Waals surface area contributed by atoms with Crippen molar-refractivity contribution in [1.29, 1.82) is 0 Å². The molecule has 5 heteroatoms. The lowest BCUT2D eigenvalue weighted by Gasteiger charge is -2.15. The average Bonchev–Trinajstić information content (AvgIpc) is 2.78. The van der Waals surface area contributed by atoms with Crippen LogP contribution >= 0.6 is 11.3 Å². The van der Waals surface area contributed by atoms with Gasteiger partial charge in [-0.05, 0) is 6.42 Å². The van der Waals surface area contributed by atoms with Crippen LogP contribution in [-0.2, 0) is 4.79 Å². The van der Waals surface area contributed by atoms with Gasteiger partial charge in [0, 0.05) is 37.6 Å². The van der Waals surface area contributed by atoms with E-state index in [2.05, 4.69) is 10.3 Å². The maximum atomic E-state index is 11.3. The summed E-state index contributed by atoms with van der Waals surface area (Å²) in [5.41, 5.74) is 0. The molecule has 0 radical (unpaired) electrons. The van der Waals surface area contributed by atoms with E-state index in [0.717, 1.165) is 37.6 Å². The molecule has 1 fully saturated rings. The molecule has 0 atom stereocenters. The van der Waals surface area contributed by atoms with Gasteiger partial charge in [0.05, 0.1) is 0 Å². The fraction of sp³-hybridized carbons (Fsp3) is 0.556. The van der Waals surface area contributed by atoms with E-state index in [9.17, 15) is 4.79 Å². The zero-order valence-electron chi connectivity index (χ0n) is 7.90. The Hall–Kier alpha value is -1.10. The molecule has 0 saturated carbocycles. The Balaban J connectivity index is 1.70. The van der Waals surface area contributed by atoms with Crippen molar-refractivity contribution in [2.75, 3.05) is 25.0 Å². The van der Waals surface area contributed by atoms with Crippen LogP contribution in [0.15, 0.2) is 11.6 Å². The third-order valence-electron chi connectivity index (χ3n) is 2.26. The predicted molar refractivity (Wildman–Crippen MR) is 56.4 cm³/mol. The molecule has 0 spiro atoms. The molecule has 14 heavy (non-hydrogen) atoms. The van der Waals surface area contributed by atoms with Crippen molar-refractivity contribution in [1.82, 2.24) is 9.88 Å². The molecule has 1 aliphatic heterocycles. The van der Waals surface area contributed by atoms with E-state index < -0.39 is 0 Å². The van der Waals surface area contributed by atoms with Crippen molar-refractivity contribution in [3.05, 3.63) is 11.6 Å². The summed E-state index contributed by atoms with van der Waals surface area (Å²) in [5.74, 6) is 0.283. The van der Waals surface area contributed by atoms with E-state index >= 15 is 0 Å². The average molecular weight is 211 g/mol. The topological polar surface area (TPSA) is 45.2 Å². The Morgan fingerprint density at radius 3 is 3.21 bits per heavy atom. The quantitative estimate of drug-likeness (QED) is 0.813. The minimum atomic E-state index is 0.283. The predicted octanol–water partition coefficient (Wildman–Crippen LogP) is 1.18. The number of carbonyl (C=O) groups is 1. The molecule has 1 aromatic rings. The van der Waals surface area contributed by atoms with Gasteiger partial charge in [0.1, 0.15) is 0 Å². The van der Waals surface area contributed by atoms with E-state index in [1.165, 1.54) is 0 Å². The number of hydrogen-bond donors (Lipinski definition) is 1. The first-order valence-corrected chi connectivity index (χ1v) is 5.65. The highest BCUT2D eigenvalue weighted by atomic mass is 32.1. The highest BCUT2D eigenvalue weighted by molar-refractivity contribution is 7.13. The van der Waals surface area contributed by atoms with Gasteiger partial charge in [-0.3, -0.25) is 4.79 Å². The van der Waals surface area contributed by atoms with Crippen LogP contribution in [-0.4, -0.2) is 35.4 Å². The molecule has 76 valence electrons. The van der Waals surface area contributed by atoms with Gasteiger partial charge in [0.25, 0.3) is 0 Å². The fourth-order valence-electron chi connectivity index (χ4n) is 1.55. The zero-order chi connectivity index (χ0) is 9.80. The molecular formula is C9H13N3OS. The zero-order valence-corrected chi connectivity index (χ0v) is 8.72. The van der Waals surface area contributed by atoms with Gasteiger partial charge >= 0.3 is 0 Å². The van der Waals surface area contributed by atoms with Gasteiger partial charge in [-0.1, -0.05) is 0 Å². The van der Waals surface area contributed by atoms with Crippen molar-refractivity contribution in [2.45, 2.75) is 12.8 Å². The maximum Gasteiger partial charge on any atom is 0.222 e. The number of carbonyl (C=O) groups excluding carboxylic acids is 1. The summed E-state index contributed by atoms with van der Waals surface area (Å²) in [6.07, 6.45) is 3.50. The Kier molecular flexibility index (Phi) is 2.98. The van der Waals surface area contributed by atoms with Crippen LogP contribution in [0.1, 0.15) is 12.8 Å². The van der Waals surface area contributed by atoms with Crippen molar-refractivity contribution >= 4 is 22.4 Å². The molecule has 0 aromatic carbocycles. The minimum absolute atomic E-state index is 0.283. The van der Waals surface area contributed by atoms with E-state index in [1.54, 1.807) is 17.5 Å². The molecule has 2 rings (SSSR count). The third-order valence-corrected chi connectivity index (χ3v) is 2.99. The van der Waals surface area contributed by atoms with E-state index in [1.807, 2.05) is 10.3 Å². The fourth-order valence-corrected chi connectivity index (χ4v) is 2.11. The Labute approximate surface area is 86.9 Å². The molecule has 1 aromatic heterocycles. The van der Waals surface area contributed by atoms with Crippen LogP contribution in [0.5, 0.6) is 0 Å². The summed E-state index contributed by atoms with van der Waals surface area (Å²) in [7, 11) is 0. The second-order valence-electron chi connectivity index (χ2n) is 3.25. The first kappa shape index (κ1) is 9.45. The number of aromatic nitrogens is 1. The van der Waals surface area contributed by atoms with Gasteiger partial charge in [-0.2, -0.15) is 0 Å².